The summed E-state index contributed by atoms with van der Waals surface area (Å²) in [6.45, 7) is 10.9. The molecule has 1 N–H and O–H groups in total. The number of thiazole rings is 1. The van der Waals surface area contributed by atoms with E-state index in [0.717, 1.165) is 27.8 Å². The first-order chi connectivity index (χ1) is 15.3. The highest BCUT2D eigenvalue weighted by Crippen LogP contribution is 2.40. The van der Waals surface area contributed by atoms with E-state index in [1.54, 1.807) is 17.5 Å². The number of nitrogens with zero attached hydrogens (tertiary/aromatic N) is 2. The number of para-hydroxylation sites is 1. The molecule has 0 atom stereocenters. The number of benzene rings is 2. The fraction of sp³-hybridized carbons (Fsp3) is 0.259. The van der Waals surface area contributed by atoms with E-state index in [1.165, 1.54) is 10.4 Å². The predicted octanol–water partition coefficient (Wildman–Crippen LogP) is 8.16. The standard InChI is InChI=1S/C27H29N3OS/c1-18(2)23-24(19-12-7-6-8-13-19)32-26(30-23)29-21-15-11-17-28-25(21)31-22-16-10-9-14-20(22)27(3,4)5/h6-18H,1-5H3,(H,29,30). The lowest BCUT2D eigenvalue weighted by molar-refractivity contribution is 0.442. The first-order valence-electron chi connectivity index (χ1n) is 10.9. The van der Waals surface area contributed by atoms with E-state index >= 15 is 0 Å². The monoisotopic (exact) mass is 443 g/mol. The van der Waals surface area contributed by atoms with Crippen molar-refractivity contribution in [3.05, 3.63) is 84.2 Å². The van der Waals surface area contributed by atoms with Gasteiger partial charge >= 0.3 is 0 Å². The van der Waals surface area contributed by atoms with Crippen molar-refractivity contribution in [3.8, 4) is 22.1 Å². The molecule has 4 rings (SSSR count). The summed E-state index contributed by atoms with van der Waals surface area (Å²) in [4.78, 5) is 10.6. The Kier molecular flexibility index (Phi) is 6.28. The van der Waals surface area contributed by atoms with Gasteiger partial charge in [0, 0.05) is 11.8 Å². The Hall–Kier alpha value is -3.18. The highest BCUT2D eigenvalue weighted by Gasteiger charge is 2.21. The van der Waals surface area contributed by atoms with Crippen molar-refractivity contribution >= 4 is 22.2 Å². The number of nitrogens with one attached hydrogen (secondary N) is 1. The zero-order valence-electron chi connectivity index (χ0n) is 19.2. The molecular formula is C27H29N3OS. The van der Waals surface area contributed by atoms with Crippen LogP contribution < -0.4 is 10.1 Å². The summed E-state index contributed by atoms with van der Waals surface area (Å²) in [5, 5.41) is 4.28. The molecule has 2 aromatic carbocycles. The molecule has 0 saturated carbocycles. The van der Waals surface area contributed by atoms with Gasteiger partial charge in [0.1, 0.15) is 11.4 Å². The minimum atomic E-state index is -0.0367. The number of anilines is 2. The van der Waals surface area contributed by atoms with Gasteiger partial charge in [-0.15, -0.1) is 0 Å². The van der Waals surface area contributed by atoms with E-state index in [-0.39, 0.29) is 5.41 Å². The molecule has 0 radical (unpaired) electrons. The fourth-order valence-corrected chi connectivity index (χ4v) is 4.67. The summed E-state index contributed by atoms with van der Waals surface area (Å²) in [6, 6.07) is 22.4. The van der Waals surface area contributed by atoms with Crippen LogP contribution in [0, 0.1) is 0 Å². The van der Waals surface area contributed by atoms with Crippen molar-refractivity contribution in [1.29, 1.82) is 0 Å². The highest BCUT2D eigenvalue weighted by molar-refractivity contribution is 7.19. The maximum absolute atomic E-state index is 6.31. The van der Waals surface area contributed by atoms with Crippen LogP contribution in [0.4, 0.5) is 10.8 Å². The van der Waals surface area contributed by atoms with Crippen molar-refractivity contribution < 1.29 is 4.74 Å². The average molecular weight is 444 g/mol. The van der Waals surface area contributed by atoms with Gasteiger partial charge in [0.05, 0.1) is 10.6 Å². The third kappa shape index (κ3) is 4.83. The van der Waals surface area contributed by atoms with Gasteiger partial charge in [0.25, 0.3) is 0 Å². The lowest BCUT2D eigenvalue weighted by Crippen LogP contribution is -2.12. The fourth-order valence-electron chi connectivity index (χ4n) is 3.53. The predicted molar refractivity (Wildman–Crippen MR) is 134 cm³/mol. The third-order valence-corrected chi connectivity index (χ3v) is 6.19. The van der Waals surface area contributed by atoms with E-state index in [1.807, 2.05) is 36.4 Å². The number of rotatable bonds is 6. The molecule has 2 heterocycles. The molecule has 2 aromatic heterocycles. The Morgan fingerprint density at radius 1 is 0.906 bits per heavy atom. The zero-order chi connectivity index (χ0) is 22.7. The van der Waals surface area contributed by atoms with E-state index in [2.05, 4.69) is 75.3 Å². The molecule has 0 bridgehead atoms. The summed E-state index contributed by atoms with van der Waals surface area (Å²) < 4.78 is 6.31. The van der Waals surface area contributed by atoms with Crippen LogP contribution in [0.25, 0.3) is 10.4 Å². The van der Waals surface area contributed by atoms with Gasteiger partial charge in [0.15, 0.2) is 5.13 Å². The van der Waals surface area contributed by atoms with Crippen LogP contribution in [0.1, 0.15) is 51.8 Å². The molecule has 0 spiro atoms. The Balaban J connectivity index is 1.67. The Morgan fingerprint density at radius 3 is 2.34 bits per heavy atom. The maximum atomic E-state index is 6.31. The SMILES string of the molecule is CC(C)c1nc(Nc2cccnc2Oc2ccccc2C(C)(C)C)sc1-c1ccccc1. The molecule has 4 aromatic rings. The van der Waals surface area contributed by atoms with Gasteiger partial charge < -0.3 is 10.1 Å². The van der Waals surface area contributed by atoms with Gasteiger partial charge in [0.2, 0.25) is 5.88 Å². The Morgan fingerprint density at radius 2 is 1.62 bits per heavy atom. The maximum Gasteiger partial charge on any atom is 0.243 e. The molecule has 0 amide bonds. The minimum Gasteiger partial charge on any atom is -0.437 e. The molecule has 5 heteroatoms. The second-order valence-corrected chi connectivity index (χ2v) is 10.1. The van der Waals surface area contributed by atoms with Crippen LogP contribution in [0.3, 0.4) is 0 Å². The van der Waals surface area contributed by atoms with Gasteiger partial charge in [-0.3, -0.25) is 0 Å². The molecule has 0 aliphatic carbocycles. The van der Waals surface area contributed by atoms with Crippen molar-refractivity contribution in [2.75, 3.05) is 5.32 Å². The normalized spacial score (nSPS) is 11.6. The summed E-state index contributed by atoms with van der Waals surface area (Å²) >= 11 is 1.65. The van der Waals surface area contributed by atoms with Crippen LogP contribution in [0.15, 0.2) is 72.9 Å². The van der Waals surface area contributed by atoms with Crippen molar-refractivity contribution in [3.63, 3.8) is 0 Å². The molecular weight excluding hydrogens is 414 g/mol. The van der Waals surface area contributed by atoms with E-state index < -0.39 is 0 Å². The van der Waals surface area contributed by atoms with Crippen LogP contribution in [0.5, 0.6) is 11.6 Å². The first-order valence-corrected chi connectivity index (χ1v) is 11.7. The van der Waals surface area contributed by atoms with Crippen LogP contribution in [0.2, 0.25) is 0 Å². The topological polar surface area (TPSA) is 47.0 Å². The van der Waals surface area contributed by atoms with Gasteiger partial charge in [-0.2, -0.15) is 0 Å². The summed E-state index contributed by atoms with van der Waals surface area (Å²) in [5.41, 5.74) is 4.17. The van der Waals surface area contributed by atoms with Crippen molar-refractivity contribution in [2.24, 2.45) is 0 Å². The number of ether oxygens (including phenoxy) is 1. The molecule has 164 valence electrons. The third-order valence-electron chi connectivity index (χ3n) is 5.15. The molecule has 4 nitrogen and oxygen atoms in total. The molecule has 0 aliphatic heterocycles. The number of hydrogen-bond donors (Lipinski definition) is 1. The smallest absolute Gasteiger partial charge is 0.243 e. The van der Waals surface area contributed by atoms with Gasteiger partial charge in [-0.05, 0) is 35.1 Å². The van der Waals surface area contributed by atoms with Crippen LogP contribution >= 0.6 is 11.3 Å². The van der Waals surface area contributed by atoms with Crippen LogP contribution in [-0.4, -0.2) is 9.97 Å². The second-order valence-electron chi connectivity index (χ2n) is 9.08. The second kappa shape index (κ2) is 9.13. The quantitative estimate of drug-likeness (QED) is 0.326. The zero-order valence-corrected chi connectivity index (χ0v) is 20.0. The van der Waals surface area contributed by atoms with Crippen LogP contribution in [-0.2, 0) is 5.41 Å². The van der Waals surface area contributed by atoms with Gasteiger partial charge in [-0.1, -0.05) is 94.5 Å². The molecule has 0 fully saturated rings. The van der Waals surface area contributed by atoms with E-state index in [0.29, 0.717) is 11.8 Å². The Labute approximate surface area is 194 Å². The largest absolute Gasteiger partial charge is 0.437 e. The molecule has 0 aliphatic rings. The lowest BCUT2D eigenvalue weighted by Gasteiger charge is -2.22. The van der Waals surface area contributed by atoms with Crippen molar-refractivity contribution in [2.45, 2.75) is 46.0 Å². The lowest BCUT2D eigenvalue weighted by atomic mass is 9.86. The molecule has 0 saturated heterocycles. The number of aromatic nitrogens is 2. The first kappa shape index (κ1) is 22.0. The van der Waals surface area contributed by atoms with Crippen molar-refractivity contribution in [1.82, 2.24) is 9.97 Å². The highest BCUT2D eigenvalue weighted by atomic mass is 32.1. The number of hydrogen-bond acceptors (Lipinski definition) is 5. The number of pyridine rings is 1. The van der Waals surface area contributed by atoms with E-state index in [9.17, 15) is 0 Å². The molecule has 32 heavy (non-hydrogen) atoms. The average Bonchev–Trinajstić information content (AvgIpc) is 3.20. The molecule has 0 unspecified atom stereocenters. The van der Waals surface area contributed by atoms with E-state index in [4.69, 9.17) is 9.72 Å². The summed E-state index contributed by atoms with van der Waals surface area (Å²) in [5.74, 6) is 1.67. The summed E-state index contributed by atoms with van der Waals surface area (Å²) in [6.07, 6.45) is 1.75. The summed E-state index contributed by atoms with van der Waals surface area (Å²) in [7, 11) is 0. The van der Waals surface area contributed by atoms with Gasteiger partial charge in [-0.25, -0.2) is 9.97 Å². The minimum absolute atomic E-state index is 0.0367. The Bertz CT molecular complexity index is 1190.